The minimum atomic E-state index is -0.339. The number of nitrogens with zero attached hydrogens (tertiary/aromatic N) is 2. The number of hydrogen-bond donors (Lipinski definition) is 2. The topological polar surface area (TPSA) is 100 Å². The molecule has 1 aromatic carbocycles. The largest absolute Gasteiger partial charge is 0.465 e. The molecule has 1 aliphatic heterocycles. The summed E-state index contributed by atoms with van der Waals surface area (Å²) in [6.45, 7) is 5.09. The molecule has 1 fully saturated rings. The van der Waals surface area contributed by atoms with Crippen LogP contribution in [-0.2, 0) is 4.74 Å². The Labute approximate surface area is 161 Å². The number of carbonyl (C=O) groups is 1. The van der Waals surface area contributed by atoms with Crippen molar-refractivity contribution in [3.05, 3.63) is 64.0 Å². The molecule has 1 unspecified atom stereocenters. The molecule has 3 heterocycles. The minimum absolute atomic E-state index is 0.101. The molecule has 0 aliphatic carbocycles. The highest BCUT2D eigenvalue weighted by atomic mass is 16.5. The number of H-pyrrole nitrogens is 1. The summed E-state index contributed by atoms with van der Waals surface area (Å²) in [6, 6.07) is 10.7. The first-order valence-electron chi connectivity index (χ1n) is 9.27. The molecule has 1 saturated heterocycles. The number of benzene rings is 1. The highest BCUT2D eigenvalue weighted by Crippen LogP contribution is 2.23. The van der Waals surface area contributed by atoms with Crippen LogP contribution in [0.5, 0.6) is 0 Å². The summed E-state index contributed by atoms with van der Waals surface area (Å²) in [5.41, 5.74) is -0.115. The van der Waals surface area contributed by atoms with Crippen molar-refractivity contribution < 1.29 is 13.9 Å². The van der Waals surface area contributed by atoms with Gasteiger partial charge in [0.2, 0.25) is 0 Å². The van der Waals surface area contributed by atoms with Gasteiger partial charge in [0.25, 0.3) is 11.5 Å². The van der Waals surface area contributed by atoms with E-state index in [4.69, 9.17) is 9.15 Å². The maximum Gasteiger partial charge on any atom is 0.272 e. The molecule has 3 aromatic rings. The molecule has 0 spiro atoms. The number of aromatic amines is 1. The number of nitrogens with one attached hydrogen (secondary N) is 2. The van der Waals surface area contributed by atoms with Crippen LogP contribution in [0.25, 0.3) is 10.8 Å². The van der Waals surface area contributed by atoms with E-state index in [1.54, 1.807) is 24.3 Å². The third kappa shape index (κ3) is 3.69. The average molecular weight is 382 g/mol. The molecule has 0 radical (unpaired) electrons. The lowest BCUT2D eigenvalue weighted by Gasteiger charge is -2.33. The fourth-order valence-corrected chi connectivity index (χ4v) is 3.49. The van der Waals surface area contributed by atoms with E-state index in [1.807, 2.05) is 19.1 Å². The fraction of sp³-hybridized carbons (Fsp3) is 0.350. The van der Waals surface area contributed by atoms with Gasteiger partial charge in [0.05, 0.1) is 24.6 Å². The number of hydrogen-bond acceptors (Lipinski definition) is 6. The Kier molecular flexibility index (Phi) is 5.23. The van der Waals surface area contributed by atoms with E-state index in [1.165, 1.54) is 0 Å². The van der Waals surface area contributed by atoms with Crippen molar-refractivity contribution in [1.82, 2.24) is 20.4 Å². The zero-order valence-electron chi connectivity index (χ0n) is 15.6. The van der Waals surface area contributed by atoms with Crippen molar-refractivity contribution in [2.75, 3.05) is 32.8 Å². The number of fused-ring (bicyclic) bond motifs is 1. The normalized spacial score (nSPS) is 16.2. The van der Waals surface area contributed by atoms with E-state index >= 15 is 0 Å². The van der Waals surface area contributed by atoms with Gasteiger partial charge in [0.1, 0.15) is 11.5 Å². The molecule has 0 bridgehead atoms. The van der Waals surface area contributed by atoms with Gasteiger partial charge in [-0.2, -0.15) is 5.10 Å². The van der Waals surface area contributed by atoms with Crippen molar-refractivity contribution in [1.29, 1.82) is 0 Å². The third-order valence-corrected chi connectivity index (χ3v) is 4.94. The molecule has 1 amide bonds. The smallest absolute Gasteiger partial charge is 0.272 e. The van der Waals surface area contributed by atoms with E-state index in [-0.39, 0.29) is 23.2 Å². The van der Waals surface area contributed by atoms with Gasteiger partial charge in [-0.15, -0.1) is 0 Å². The Morgan fingerprint density at radius 2 is 1.96 bits per heavy atom. The molecule has 2 N–H and O–H groups in total. The molecule has 8 nitrogen and oxygen atoms in total. The summed E-state index contributed by atoms with van der Waals surface area (Å²) < 4.78 is 11.3. The summed E-state index contributed by atoms with van der Waals surface area (Å²) in [5.74, 6) is 1.29. The van der Waals surface area contributed by atoms with Crippen molar-refractivity contribution in [2.45, 2.75) is 13.0 Å². The van der Waals surface area contributed by atoms with Crippen LogP contribution >= 0.6 is 0 Å². The van der Waals surface area contributed by atoms with Crippen molar-refractivity contribution in [3.8, 4) is 0 Å². The van der Waals surface area contributed by atoms with E-state index < -0.39 is 0 Å². The van der Waals surface area contributed by atoms with Crippen LogP contribution in [0.2, 0.25) is 0 Å². The number of furan rings is 1. The maximum absolute atomic E-state index is 12.8. The summed E-state index contributed by atoms with van der Waals surface area (Å²) in [7, 11) is 0. The second-order valence-corrected chi connectivity index (χ2v) is 6.77. The molecular formula is C20H22N4O4. The second-order valence-electron chi connectivity index (χ2n) is 6.77. The molecule has 1 atom stereocenters. The standard InChI is InChI=1S/C20H22N4O4/c1-13-6-7-17(28-13)16(24-8-10-27-11-9-24)12-21-20(26)18-14-4-2-3-5-15(14)19(25)23-22-18/h2-7,16H,8-12H2,1H3,(H,21,26)(H,23,25). The number of morpholine rings is 1. The Morgan fingerprint density at radius 3 is 2.68 bits per heavy atom. The third-order valence-electron chi connectivity index (χ3n) is 4.94. The highest BCUT2D eigenvalue weighted by molar-refractivity contribution is 6.04. The van der Waals surface area contributed by atoms with Crippen LogP contribution < -0.4 is 10.9 Å². The summed E-state index contributed by atoms with van der Waals surface area (Å²) in [6.07, 6.45) is 0. The van der Waals surface area contributed by atoms with Crippen molar-refractivity contribution in [3.63, 3.8) is 0 Å². The first kappa shape index (κ1) is 18.4. The maximum atomic E-state index is 12.8. The van der Waals surface area contributed by atoms with Crippen LogP contribution in [0.15, 0.2) is 45.6 Å². The summed E-state index contributed by atoms with van der Waals surface area (Å²) in [5, 5.41) is 10.3. The number of aryl methyl sites for hydroxylation is 1. The first-order chi connectivity index (χ1) is 13.6. The van der Waals surface area contributed by atoms with E-state index in [0.29, 0.717) is 30.5 Å². The van der Waals surface area contributed by atoms with E-state index in [9.17, 15) is 9.59 Å². The van der Waals surface area contributed by atoms with Crippen LogP contribution in [0.3, 0.4) is 0 Å². The van der Waals surface area contributed by atoms with Gasteiger partial charge >= 0.3 is 0 Å². The minimum Gasteiger partial charge on any atom is -0.465 e. The molecule has 28 heavy (non-hydrogen) atoms. The number of amides is 1. The molecule has 1 aliphatic rings. The highest BCUT2D eigenvalue weighted by Gasteiger charge is 2.26. The number of ether oxygens (including phenoxy) is 1. The van der Waals surface area contributed by atoms with Gasteiger partial charge < -0.3 is 14.5 Å². The lowest BCUT2D eigenvalue weighted by molar-refractivity contribution is 0.0117. The average Bonchev–Trinajstić information content (AvgIpc) is 3.15. The van der Waals surface area contributed by atoms with Crippen LogP contribution in [0.1, 0.15) is 28.1 Å². The van der Waals surface area contributed by atoms with Gasteiger partial charge in [0, 0.05) is 25.0 Å². The molecule has 146 valence electrons. The Balaban J connectivity index is 1.56. The Hall–Kier alpha value is -2.97. The van der Waals surface area contributed by atoms with Crippen LogP contribution in [-0.4, -0.2) is 53.9 Å². The van der Waals surface area contributed by atoms with E-state index in [0.717, 1.165) is 24.6 Å². The molecule has 4 rings (SSSR count). The zero-order valence-corrected chi connectivity index (χ0v) is 15.6. The van der Waals surface area contributed by atoms with Crippen LogP contribution in [0.4, 0.5) is 0 Å². The lowest BCUT2D eigenvalue weighted by atomic mass is 10.1. The lowest BCUT2D eigenvalue weighted by Crippen LogP contribution is -2.43. The molecule has 2 aromatic heterocycles. The van der Waals surface area contributed by atoms with Gasteiger partial charge in [-0.25, -0.2) is 5.10 Å². The predicted molar refractivity (Wildman–Crippen MR) is 103 cm³/mol. The summed E-state index contributed by atoms with van der Waals surface area (Å²) >= 11 is 0. The van der Waals surface area contributed by atoms with Crippen molar-refractivity contribution in [2.24, 2.45) is 0 Å². The number of aromatic nitrogens is 2. The zero-order chi connectivity index (χ0) is 19.5. The fourth-order valence-electron chi connectivity index (χ4n) is 3.49. The second kappa shape index (κ2) is 7.95. The van der Waals surface area contributed by atoms with Gasteiger partial charge in [-0.3, -0.25) is 14.5 Å². The predicted octanol–water partition coefficient (Wildman–Crippen LogP) is 1.63. The van der Waals surface area contributed by atoms with Gasteiger partial charge in [0.15, 0.2) is 5.69 Å². The Morgan fingerprint density at radius 1 is 1.21 bits per heavy atom. The monoisotopic (exact) mass is 382 g/mol. The molecule has 8 heteroatoms. The molecular weight excluding hydrogens is 360 g/mol. The number of carbonyl (C=O) groups excluding carboxylic acids is 1. The van der Waals surface area contributed by atoms with Gasteiger partial charge in [-0.1, -0.05) is 18.2 Å². The van der Waals surface area contributed by atoms with Gasteiger partial charge in [-0.05, 0) is 25.1 Å². The van der Waals surface area contributed by atoms with Crippen LogP contribution in [0, 0.1) is 6.92 Å². The SMILES string of the molecule is Cc1ccc(C(CNC(=O)c2n[nH]c(=O)c3ccccc23)N2CCOCC2)o1. The van der Waals surface area contributed by atoms with Crippen molar-refractivity contribution >= 4 is 16.7 Å². The summed E-state index contributed by atoms with van der Waals surface area (Å²) in [4.78, 5) is 27.0. The van der Waals surface area contributed by atoms with E-state index in [2.05, 4.69) is 20.4 Å². The molecule has 0 saturated carbocycles. The Bertz CT molecular complexity index is 1040. The quantitative estimate of drug-likeness (QED) is 0.696. The first-order valence-corrected chi connectivity index (χ1v) is 9.27. The number of rotatable bonds is 5.